The SMILES string of the molecule is CCN(CC)CCN(C(=O)c1ccc(N2C(=O)CCC2=O)cc1)c1nc2cc(OC)ccc2s1.Cl. The molecule has 0 N–H and O–H groups in total. The van der Waals surface area contributed by atoms with Crippen molar-refractivity contribution in [1.82, 2.24) is 9.88 Å². The van der Waals surface area contributed by atoms with Crippen molar-refractivity contribution < 1.29 is 19.1 Å². The molecule has 0 spiro atoms. The molecule has 2 aromatic carbocycles. The molecule has 0 aliphatic carbocycles. The van der Waals surface area contributed by atoms with E-state index in [2.05, 4.69) is 18.7 Å². The Morgan fingerprint density at radius 1 is 1.03 bits per heavy atom. The van der Waals surface area contributed by atoms with Crippen molar-refractivity contribution in [3.8, 4) is 5.75 Å². The van der Waals surface area contributed by atoms with Crippen molar-refractivity contribution in [2.45, 2.75) is 26.7 Å². The molecule has 186 valence electrons. The maximum absolute atomic E-state index is 13.6. The van der Waals surface area contributed by atoms with E-state index in [0.717, 1.165) is 23.3 Å². The van der Waals surface area contributed by atoms with Crippen LogP contribution >= 0.6 is 23.7 Å². The zero-order valence-electron chi connectivity index (χ0n) is 20.0. The van der Waals surface area contributed by atoms with Gasteiger partial charge in [-0.05, 0) is 49.5 Å². The van der Waals surface area contributed by atoms with Crippen molar-refractivity contribution in [2.24, 2.45) is 0 Å². The maximum Gasteiger partial charge on any atom is 0.260 e. The van der Waals surface area contributed by atoms with E-state index >= 15 is 0 Å². The molecule has 0 radical (unpaired) electrons. The Balaban J connectivity index is 0.00000342. The second-order valence-electron chi connectivity index (χ2n) is 7.98. The summed E-state index contributed by atoms with van der Waals surface area (Å²) >= 11 is 1.46. The van der Waals surface area contributed by atoms with Crippen molar-refractivity contribution in [3.63, 3.8) is 0 Å². The fourth-order valence-corrected chi connectivity index (χ4v) is 4.95. The van der Waals surface area contributed by atoms with Crippen molar-refractivity contribution in [1.29, 1.82) is 0 Å². The van der Waals surface area contributed by atoms with E-state index in [-0.39, 0.29) is 43.0 Å². The third-order valence-electron chi connectivity index (χ3n) is 6.02. The lowest BCUT2D eigenvalue weighted by atomic mass is 10.1. The van der Waals surface area contributed by atoms with E-state index in [9.17, 15) is 14.4 Å². The van der Waals surface area contributed by atoms with Gasteiger partial charge in [0.25, 0.3) is 5.91 Å². The highest BCUT2D eigenvalue weighted by Crippen LogP contribution is 2.32. The van der Waals surface area contributed by atoms with Gasteiger partial charge in [-0.15, -0.1) is 12.4 Å². The Labute approximate surface area is 214 Å². The normalized spacial score (nSPS) is 13.4. The molecule has 3 amide bonds. The number of fused-ring (bicyclic) bond motifs is 1. The van der Waals surface area contributed by atoms with Crippen LogP contribution in [0.15, 0.2) is 42.5 Å². The monoisotopic (exact) mass is 516 g/mol. The predicted molar refractivity (Wildman–Crippen MR) is 141 cm³/mol. The van der Waals surface area contributed by atoms with Gasteiger partial charge in [-0.1, -0.05) is 25.2 Å². The number of imide groups is 1. The first-order valence-corrected chi connectivity index (χ1v) is 12.2. The fourth-order valence-electron chi connectivity index (χ4n) is 3.98. The predicted octanol–water partition coefficient (Wildman–Crippen LogP) is 4.37. The van der Waals surface area contributed by atoms with Gasteiger partial charge < -0.3 is 9.64 Å². The zero-order valence-corrected chi connectivity index (χ0v) is 21.7. The number of aromatic nitrogens is 1. The van der Waals surface area contributed by atoms with E-state index in [1.807, 2.05) is 18.2 Å². The Kier molecular flexibility index (Phi) is 8.82. The van der Waals surface area contributed by atoms with Crippen LogP contribution in [0.3, 0.4) is 0 Å². The summed E-state index contributed by atoms with van der Waals surface area (Å²) < 4.78 is 6.28. The third-order valence-corrected chi connectivity index (χ3v) is 7.08. The second-order valence-corrected chi connectivity index (χ2v) is 8.99. The molecule has 0 saturated carbocycles. The molecule has 1 saturated heterocycles. The van der Waals surface area contributed by atoms with E-state index in [1.54, 1.807) is 36.3 Å². The summed E-state index contributed by atoms with van der Waals surface area (Å²) in [5.41, 5.74) is 1.74. The largest absolute Gasteiger partial charge is 0.497 e. The molecule has 0 atom stereocenters. The number of hydrogen-bond acceptors (Lipinski definition) is 7. The molecular formula is C25H29ClN4O4S. The van der Waals surface area contributed by atoms with Gasteiger partial charge in [0.1, 0.15) is 5.75 Å². The number of hydrogen-bond donors (Lipinski definition) is 0. The summed E-state index contributed by atoms with van der Waals surface area (Å²) in [6, 6.07) is 12.3. The molecule has 2 heterocycles. The first-order chi connectivity index (χ1) is 16.4. The number of halogens is 1. The molecular weight excluding hydrogens is 488 g/mol. The minimum Gasteiger partial charge on any atom is -0.497 e. The van der Waals surface area contributed by atoms with Crippen molar-refractivity contribution in [3.05, 3.63) is 48.0 Å². The molecule has 3 aromatic rings. The lowest BCUT2D eigenvalue weighted by molar-refractivity contribution is -0.121. The van der Waals surface area contributed by atoms with E-state index in [1.165, 1.54) is 16.2 Å². The minimum atomic E-state index is -0.213. The molecule has 4 rings (SSSR count). The Hall–Kier alpha value is -3.01. The molecule has 10 heteroatoms. The van der Waals surface area contributed by atoms with Gasteiger partial charge in [0.2, 0.25) is 11.8 Å². The van der Waals surface area contributed by atoms with Crippen LogP contribution in [0.4, 0.5) is 10.8 Å². The second kappa shape index (κ2) is 11.6. The summed E-state index contributed by atoms with van der Waals surface area (Å²) in [6.45, 7) is 7.18. The van der Waals surface area contributed by atoms with Crippen LogP contribution in [0.2, 0.25) is 0 Å². The number of thiazole rings is 1. The Morgan fingerprint density at radius 2 is 1.69 bits per heavy atom. The van der Waals surface area contributed by atoms with Crippen LogP contribution in [0, 0.1) is 0 Å². The van der Waals surface area contributed by atoms with Crippen LogP contribution in [0.25, 0.3) is 10.2 Å². The third kappa shape index (κ3) is 5.63. The molecule has 1 aliphatic heterocycles. The lowest BCUT2D eigenvalue weighted by Crippen LogP contribution is -2.39. The van der Waals surface area contributed by atoms with Crippen LogP contribution < -0.4 is 14.5 Å². The van der Waals surface area contributed by atoms with Crippen molar-refractivity contribution in [2.75, 3.05) is 43.1 Å². The smallest absolute Gasteiger partial charge is 0.260 e. The summed E-state index contributed by atoms with van der Waals surface area (Å²) in [7, 11) is 1.61. The Bertz CT molecular complexity index is 1190. The minimum absolute atomic E-state index is 0. The highest BCUT2D eigenvalue weighted by molar-refractivity contribution is 7.22. The molecule has 35 heavy (non-hydrogen) atoms. The summed E-state index contributed by atoms with van der Waals surface area (Å²) in [6.07, 6.45) is 0.447. The van der Waals surface area contributed by atoms with Gasteiger partial charge in [-0.3, -0.25) is 24.2 Å². The molecule has 0 bridgehead atoms. The number of rotatable bonds is 9. The molecule has 1 fully saturated rings. The number of anilines is 2. The highest BCUT2D eigenvalue weighted by atomic mass is 35.5. The van der Waals surface area contributed by atoms with Crippen molar-refractivity contribution >= 4 is 62.5 Å². The van der Waals surface area contributed by atoms with Crippen LogP contribution in [-0.4, -0.2) is 60.9 Å². The van der Waals surface area contributed by atoms with Gasteiger partial charge in [-0.2, -0.15) is 0 Å². The van der Waals surface area contributed by atoms with E-state index < -0.39 is 0 Å². The quantitative estimate of drug-likeness (QED) is 0.393. The molecule has 1 aromatic heterocycles. The summed E-state index contributed by atoms with van der Waals surface area (Å²) in [5, 5.41) is 0.620. The van der Waals surface area contributed by atoms with Gasteiger partial charge in [0.15, 0.2) is 5.13 Å². The van der Waals surface area contributed by atoms with Gasteiger partial charge in [0.05, 0.1) is 23.0 Å². The molecule has 0 unspecified atom stereocenters. The number of methoxy groups -OCH3 is 1. The first-order valence-electron chi connectivity index (χ1n) is 11.4. The maximum atomic E-state index is 13.6. The average molecular weight is 517 g/mol. The van der Waals surface area contributed by atoms with Crippen LogP contribution in [0.5, 0.6) is 5.75 Å². The number of benzene rings is 2. The number of carbonyl (C=O) groups excluding carboxylic acids is 3. The number of likely N-dealkylation sites (N-methyl/N-ethyl adjacent to an activating group) is 1. The highest BCUT2D eigenvalue weighted by Gasteiger charge is 2.30. The topological polar surface area (TPSA) is 83.0 Å². The van der Waals surface area contributed by atoms with Gasteiger partial charge in [-0.25, -0.2) is 4.98 Å². The van der Waals surface area contributed by atoms with Crippen LogP contribution in [-0.2, 0) is 9.59 Å². The number of nitrogens with zero attached hydrogens (tertiary/aromatic N) is 4. The summed E-state index contributed by atoms with van der Waals surface area (Å²) in [5.74, 6) is 0.112. The molecule has 8 nitrogen and oxygen atoms in total. The van der Waals surface area contributed by atoms with Crippen LogP contribution in [0.1, 0.15) is 37.0 Å². The summed E-state index contributed by atoms with van der Waals surface area (Å²) in [4.78, 5) is 47.6. The number of carbonyl (C=O) groups is 3. The van der Waals surface area contributed by atoms with E-state index in [4.69, 9.17) is 9.72 Å². The van der Waals surface area contributed by atoms with Gasteiger partial charge >= 0.3 is 0 Å². The molecule has 1 aliphatic rings. The number of amides is 3. The zero-order chi connectivity index (χ0) is 24.2. The fraction of sp³-hybridized carbons (Fsp3) is 0.360. The average Bonchev–Trinajstić information content (AvgIpc) is 3.43. The number of ether oxygens (including phenoxy) is 1. The Morgan fingerprint density at radius 3 is 2.29 bits per heavy atom. The van der Waals surface area contributed by atoms with Gasteiger partial charge in [0, 0.05) is 37.6 Å². The van der Waals surface area contributed by atoms with E-state index in [0.29, 0.717) is 35.2 Å². The lowest BCUT2D eigenvalue weighted by Gasteiger charge is -2.25. The first kappa shape index (κ1) is 26.6. The standard InChI is InChI=1S/C25H28N4O4S.ClH/c1-4-27(5-2)14-15-28(25-26-20-16-19(33-3)10-11-21(20)34-25)24(32)17-6-8-18(9-7-17)29-22(30)12-13-23(29)31;/h6-11,16H,4-5,12-15H2,1-3H3;1H.